The number of rotatable bonds is 8. The van der Waals surface area contributed by atoms with E-state index in [1.807, 2.05) is 36.4 Å². The molecule has 1 N–H and O–H groups in total. The molecule has 1 heterocycles. The highest BCUT2D eigenvalue weighted by Gasteiger charge is 2.36. The van der Waals surface area contributed by atoms with Crippen LogP contribution in [0.4, 0.5) is 0 Å². The van der Waals surface area contributed by atoms with Crippen LogP contribution in [-0.2, 0) is 22.6 Å². The highest BCUT2D eigenvalue weighted by Crippen LogP contribution is 2.26. The van der Waals surface area contributed by atoms with Gasteiger partial charge in [-0.3, -0.25) is 19.3 Å². The molecule has 1 aliphatic heterocycles. The standard InChI is InChI=1S/C26H22N2O6/c1-33-20-9-5-8-18(12-20)14-27-23(29)16-34-26(32)19-10-11-21-22(13-19)25(31)28(24(21)30)15-17-6-3-2-4-7-17/h2-13H,14-16H2,1H3,(H,27,29). The minimum atomic E-state index is -0.763. The molecule has 8 nitrogen and oxygen atoms in total. The van der Waals surface area contributed by atoms with Gasteiger partial charge in [-0.25, -0.2) is 4.79 Å². The van der Waals surface area contributed by atoms with Gasteiger partial charge in [-0.1, -0.05) is 42.5 Å². The van der Waals surface area contributed by atoms with Crippen molar-refractivity contribution in [3.05, 3.63) is 101 Å². The second-order valence-corrected chi connectivity index (χ2v) is 7.65. The summed E-state index contributed by atoms with van der Waals surface area (Å²) in [6.45, 7) is -0.0897. The summed E-state index contributed by atoms with van der Waals surface area (Å²) in [6.07, 6.45) is 0. The fourth-order valence-electron chi connectivity index (χ4n) is 3.58. The van der Waals surface area contributed by atoms with Gasteiger partial charge in [-0.15, -0.1) is 0 Å². The van der Waals surface area contributed by atoms with Crippen molar-refractivity contribution in [2.75, 3.05) is 13.7 Å². The van der Waals surface area contributed by atoms with Crippen molar-refractivity contribution in [1.82, 2.24) is 10.2 Å². The molecule has 0 bridgehead atoms. The van der Waals surface area contributed by atoms with Crippen molar-refractivity contribution in [2.24, 2.45) is 0 Å². The van der Waals surface area contributed by atoms with Crippen molar-refractivity contribution >= 4 is 23.7 Å². The Morgan fingerprint density at radius 3 is 2.35 bits per heavy atom. The number of methoxy groups -OCH3 is 1. The monoisotopic (exact) mass is 458 g/mol. The van der Waals surface area contributed by atoms with Crippen LogP contribution < -0.4 is 10.1 Å². The molecule has 0 atom stereocenters. The van der Waals surface area contributed by atoms with E-state index in [-0.39, 0.29) is 29.8 Å². The van der Waals surface area contributed by atoms with Crippen molar-refractivity contribution in [3.8, 4) is 5.75 Å². The van der Waals surface area contributed by atoms with E-state index in [2.05, 4.69) is 5.32 Å². The smallest absolute Gasteiger partial charge is 0.338 e. The molecule has 0 saturated carbocycles. The number of ether oxygens (including phenoxy) is 2. The molecule has 0 fully saturated rings. The highest BCUT2D eigenvalue weighted by atomic mass is 16.5. The molecule has 34 heavy (non-hydrogen) atoms. The molecule has 0 spiro atoms. The maximum Gasteiger partial charge on any atom is 0.338 e. The number of imide groups is 1. The van der Waals surface area contributed by atoms with E-state index < -0.39 is 30.3 Å². The third kappa shape index (κ3) is 4.96. The van der Waals surface area contributed by atoms with Gasteiger partial charge < -0.3 is 14.8 Å². The van der Waals surface area contributed by atoms with E-state index >= 15 is 0 Å². The summed E-state index contributed by atoms with van der Waals surface area (Å²) in [4.78, 5) is 51.1. The predicted molar refractivity (Wildman–Crippen MR) is 122 cm³/mol. The number of benzene rings is 3. The number of carbonyl (C=O) groups is 4. The van der Waals surface area contributed by atoms with Crippen molar-refractivity contribution in [2.45, 2.75) is 13.1 Å². The Balaban J connectivity index is 1.35. The van der Waals surface area contributed by atoms with Crippen LogP contribution in [0.3, 0.4) is 0 Å². The van der Waals surface area contributed by atoms with Crippen LogP contribution in [0.1, 0.15) is 42.2 Å². The summed E-state index contributed by atoms with van der Waals surface area (Å²) in [6, 6.07) is 20.5. The fraction of sp³-hybridized carbons (Fsp3) is 0.154. The minimum Gasteiger partial charge on any atom is -0.497 e. The fourth-order valence-corrected chi connectivity index (χ4v) is 3.58. The second kappa shape index (κ2) is 9.99. The van der Waals surface area contributed by atoms with Crippen LogP contribution in [0.2, 0.25) is 0 Å². The van der Waals surface area contributed by atoms with Gasteiger partial charge in [0, 0.05) is 6.54 Å². The van der Waals surface area contributed by atoms with Crippen molar-refractivity contribution < 1.29 is 28.7 Å². The number of fused-ring (bicyclic) bond motifs is 1. The van der Waals surface area contributed by atoms with Crippen LogP contribution >= 0.6 is 0 Å². The third-order valence-electron chi connectivity index (χ3n) is 5.35. The number of carbonyl (C=O) groups excluding carboxylic acids is 4. The van der Waals surface area contributed by atoms with Gasteiger partial charge in [-0.2, -0.15) is 0 Å². The van der Waals surface area contributed by atoms with Crippen LogP contribution in [0.25, 0.3) is 0 Å². The topological polar surface area (TPSA) is 102 Å². The Morgan fingerprint density at radius 1 is 0.853 bits per heavy atom. The van der Waals surface area contributed by atoms with Gasteiger partial charge in [0.1, 0.15) is 5.75 Å². The molecular weight excluding hydrogens is 436 g/mol. The van der Waals surface area contributed by atoms with E-state index in [1.54, 1.807) is 25.3 Å². The van der Waals surface area contributed by atoms with E-state index in [1.165, 1.54) is 18.2 Å². The summed E-state index contributed by atoms with van der Waals surface area (Å²) < 4.78 is 10.2. The number of esters is 1. The van der Waals surface area contributed by atoms with Crippen LogP contribution in [-0.4, -0.2) is 42.3 Å². The lowest BCUT2D eigenvalue weighted by Crippen LogP contribution is -2.29. The SMILES string of the molecule is COc1cccc(CNC(=O)COC(=O)c2ccc3c(c2)C(=O)N(Cc2ccccc2)C3=O)c1. The molecule has 3 amide bonds. The largest absolute Gasteiger partial charge is 0.497 e. The quantitative estimate of drug-likeness (QED) is 0.411. The first-order valence-corrected chi connectivity index (χ1v) is 10.6. The molecule has 0 aromatic heterocycles. The van der Waals surface area contributed by atoms with Crippen molar-refractivity contribution in [3.63, 3.8) is 0 Å². The highest BCUT2D eigenvalue weighted by molar-refractivity contribution is 6.21. The Kier molecular flexibility index (Phi) is 6.68. The summed E-state index contributed by atoms with van der Waals surface area (Å²) in [5.74, 6) is -1.46. The lowest BCUT2D eigenvalue weighted by Gasteiger charge is -2.13. The zero-order valence-electron chi connectivity index (χ0n) is 18.4. The molecule has 3 aromatic rings. The predicted octanol–water partition coefficient (Wildman–Crippen LogP) is 2.96. The summed E-state index contributed by atoms with van der Waals surface area (Å²) in [5, 5.41) is 2.66. The first-order chi connectivity index (χ1) is 16.5. The molecule has 0 aliphatic carbocycles. The van der Waals surface area contributed by atoms with E-state index in [9.17, 15) is 19.2 Å². The molecule has 3 aromatic carbocycles. The van der Waals surface area contributed by atoms with Gasteiger partial charge in [0.15, 0.2) is 6.61 Å². The Bertz CT molecular complexity index is 1260. The van der Waals surface area contributed by atoms with Gasteiger partial charge in [-0.05, 0) is 41.5 Å². The zero-order valence-corrected chi connectivity index (χ0v) is 18.4. The number of hydrogen-bond donors (Lipinski definition) is 1. The lowest BCUT2D eigenvalue weighted by molar-refractivity contribution is -0.124. The van der Waals surface area contributed by atoms with Gasteiger partial charge in [0.05, 0.1) is 30.3 Å². The normalized spacial score (nSPS) is 12.3. The molecule has 4 rings (SSSR count). The molecule has 0 saturated heterocycles. The Hall–Kier alpha value is -4.46. The van der Waals surface area contributed by atoms with Crippen molar-refractivity contribution in [1.29, 1.82) is 0 Å². The number of nitrogens with zero attached hydrogens (tertiary/aromatic N) is 1. The minimum absolute atomic E-state index is 0.0852. The molecule has 0 unspecified atom stereocenters. The Labute approximate surface area is 196 Å². The van der Waals surface area contributed by atoms with E-state index in [0.717, 1.165) is 16.0 Å². The van der Waals surface area contributed by atoms with Gasteiger partial charge >= 0.3 is 5.97 Å². The van der Waals surface area contributed by atoms with E-state index in [0.29, 0.717) is 5.75 Å². The third-order valence-corrected chi connectivity index (χ3v) is 5.35. The maximum atomic E-state index is 12.8. The average Bonchev–Trinajstić information content (AvgIpc) is 3.11. The molecule has 0 radical (unpaired) electrons. The van der Waals surface area contributed by atoms with Gasteiger partial charge in [0.2, 0.25) is 0 Å². The van der Waals surface area contributed by atoms with Gasteiger partial charge in [0.25, 0.3) is 17.7 Å². The number of hydrogen-bond acceptors (Lipinski definition) is 6. The van der Waals surface area contributed by atoms with Crippen LogP contribution in [0.15, 0.2) is 72.8 Å². The first-order valence-electron chi connectivity index (χ1n) is 10.6. The number of amides is 3. The first kappa shape index (κ1) is 22.7. The summed E-state index contributed by atoms with van der Waals surface area (Å²) >= 11 is 0. The maximum absolute atomic E-state index is 12.8. The average molecular weight is 458 g/mol. The lowest BCUT2D eigenvalue weighted by atomic mass is 10.1. The molecule has 1 aliphatic rings. The summed E-state index contributed by atoms with van der Waals surface area (Å²) in [5.41, 5.74) is 2.10. The molecule has 8 heteroatoms. The molecular formula is C26H22N2O6. The second-order valence-electron chi connectivity index (χ2n) is 7.65. The van der Waals surface area contributed by atoms with E-state index in [4.69, 9.17) is 9.47 Å². The van der Waals surface area contributed by atoms with Crippen LogP contribution in [0.5, 0.6) is 5.75 Å². The number of nitrogens with one attached hydrogen (secondary N) is 1. The Morgan fingerprint density at radius 2 is 1.59 bits per heavy atom. The summed E-state index contributed by atoms with van der Waals surface area (Å²) in [7, 11) is 1.56. The zero-order chi connectivity index (χ0) is 24.1. The molecule has 172 valence electrons. The van der Waals surface area contributed by atoms with Crippen LogP contribution in [0, 0.1) is 0 Å².